The van der Waals surface area contributed by atoms with Crippen molar-refractivity contribution in [2.24, 2.45) is 0 Å². The number of rotatable bonds is 3. The van der Waals surface area contributed by atoms with E-state index in [2.05, 4.69) is 15.4 Å². The number of carbonyl (C=O) groups is 1. The Morgan fingerprint density at radius 2 is 2.08 bits per heavy atom. The molecule has 0 radical (unpaired) electrons. The van der Waals surface area contributed by atoms with Crippen LogP contribution in [0.1, 0.15) is 21.6 Å². The van der Waals surface area contributed by atoms with Crippen molar-refractivity contribution in [3.8, 4) is 5.69 Å². The number of hydrogen-bond donors (Lipinski definition) is 2. The van der Waals surface area contributed by atoms with Crippen LogP contribution in [0.2, 0.25) is 5.02 Å². The molecule has 6 nitrogen and oxygen atoms in total. The fourth-order valence-electron chi connectivity index (χ4n) is 2.37. The normalized spacial score (nSPS) is 10.6. The first kappa shape index (κ1) is 16.0. The summed E-state index contributed by atoms with van der Waals surface area (Å²) < 4.78 is 1.65. The van der Waals surface area contributed by atoms with Crippen molar-refractivity contribution in [3.05, 3.63) is 74.9 Å². The van der Waals surface area contributed by atoms with Crippen molar-refractivity contribution in [2.45, 2.75) is 13.8 Å². The molecule has 0 aliphatic carbocycles. The van der Waals surface area contributed by atoms with Crippen LogP contribution in [0.3, 0.4) is 0 Å². The minimum Gasteiger partial charge on any atom is -0.327 e. The smallest absolute Gasteiger partial charge is 0.259 e. The Labute approximate surface area is 143 Å². The van der Waals surface area contributed by atoms with Gasteiger partial charge in [-0.1, -0.05) is 17.7 Å². The molecular formula is C17H15ClN4O2. The Kier molecular flexibility index (Phi) is 4.22. The maximum atomic E-state index is 12.5. The van der Waals surface area contributed by atoms with E-state index in [9.17, 15) is 9.59 Å². The van der Waals surface area contributed by atoms with Gasteiger partial charge in [-0.15, -0.1) is 0 Å². The lowest BCUT2D eigenvalue weighted by Gasteiger charge is -2.07. The van der Waals surface area contributed by atoms with Crippen molar-refractivity contribution < 1.29 is 4.79 Å². The molecule has 2 aromatic heterocycles. The van der Waals surface area contributed by atoms with E-state index in [0.717, 1.165) is 5.69 Å². The molecule has 0 aliphatic heterocycles. The Hall–Kier alpha value is -2.86. The summed E-state index contributed by atoms with van der Waals surface area (Å²) in [5.41, 5.74) is 2.78. The fraction of sp³-hybridized carbons (Fsp3) is 0.118. The highest BCUT2D eigenvalue weighted by atomic mass is 35.5. The van der Waals surface area contributed by atoms with Crippen LogP contribution >= 0.6 is 11.6 Å². The second-order valence-corrected chi connectivity index (χ2v) is 5.83. The highest BCUT2D eigenvalue weighted by Crippen LogP contribution is 2.18. The third-order valence-electron chi connectivity index (χ3n) is 3.65. The summed E-state index contributed by atoms with van der Waals surface area (Å²) >= 11 is 6.00. The molecule has 3 aromatic rings. The third-order valence-corrected chi connectivity index (χ3v) is 3.89. The predicted molar refractivity (Wildman–Crippen MR) is 93.1 cm³/mol. The Balaban J connectivity index is 1.88. The van der Waals surface area contributed by atoms with Crippen LogP contribution in [0, 0.1) is 13.8 Å². The lowest BCUT2D eigenvalue weighted by atomic mass is 10.2. The SMILES string of the molecule is Cc1cc(NC(=O)c2cnn(-c3cccc(Cl)c3)c2C)c[nH]c1=O. The van der Waals surface area contributed by atoms with Crippen LogP contribution < -0.4 is 10.9 Å². The van der Waals surface area contributed by atoms with Gasteiger partial charge in [-0.05, 0) is 38.1 Å². The quantitative estimate of drug-likeness (QED) is 0.767. The first-order valence-electron chi connectivity index (χ1n) is 7.27. The molecule has 0 fully saturated rings. The van der Waals surface area contributed by atoms with Gasteiger partial charge < -0.3 is 10.3 Å². The van der Waals surface area contributed by atoms with Crippen molar-refractivity contribution >= 4 is 23.2 Å². The molecule has 1 aromatic carbocycles. The second kappa shape index (κ2) is 6.33. The number of halogens is 1. The van der Waals surface area contributed by atoms with Gasteiger partial charge in [0.1, 0.15) is 0 Å². The zero-order valence-corrected chi connectivity index (χ0v) is 13.9. The number of anilines is 1. The summed E-state index contributed by atoms with van der Waals surface area (Å²) in [6, 6.07) is 8.85. The summed E-state index contributed by atoms with van der Waals surface area (Å²) in [6.07, 6.45) is 2.97. The largest absolute Gasteiger partial charge is 0.327 e. The molecule has 0 spiro atoms. The Morgan fingerprint density at radius 3 is 2.79 bits per heavy atom. The van der Waals surface area contributed by atoms with E-state index in [1.165, 1.54) is 12.4 Å². The van der Waals surface area contributed by atoms with Crippen LogP contribution in [0.15, 0.2) is 47.5 Å². The molecule has 24 heavy (non-hydrogen) atoms. The molecule has 0 aliphatic rings. The van der Waals surface area contributed by atoms with Gasteiger partial charge in [-0.25, -0.2) is 4.68 Å². The van der Waals surface area contributed by atoms with Gasteiger partial charge in [-0.2, -0.15) is 5.10 Å². The van der Waals surface area contributed by atoms with Crippen LogP contribution in [0.25, 0.3) is 5.69 Å². The zero-order valence-electron chi connectivity index (χ0n) is 13.1. The molecule has 0 saturated heterocycles. The predicted octanol–water partition coefficient (Wildman–Crippen LogP) is 3.08. The third kappa shape index (κ3) is 3.09. The number of aryl methyl sites for hydroxylation is 1. The van der Waals surface area contributed by atoms with Gasteiger partial charge >= 0.3 is 0 Å². The van der Waals surface area contributed by atoms with E-state index in [0.29, 0.717) is 27.5 Å². The first-order chi connectivity index (χ1) is 11.5. The topological polar surface area (TPSA) is 79.8 Å². The van der Waals surface area contributed by atoms with E-state index in [-0.39, 0.29) is 11.5 Å². The average molecular weight is 343 g/mol. The van der Waals surface area contributed by atoms with Gasteiger partial charge in [0.2, 0.25) is 0 Å². The maximum Gasteiger partial charge on any atom is 0.259 e. The fourth-order valence-corrected chi connectivity index (χ4v) is 2.55. The van der Waals surface area contributed by atoms with Crippen molar-refractivity contribution in [1.82, 2.24) is 14.8 Å². The highest BCUT2D eigenvalue weighted by Gasteiger charge is 2.15. The van der Waals surface area contributed by atoms with E-state index >= 15 is 0 Å². The van der Waals surface area contributed by atoms with E-state index < -0.39 is 0 Å². The monoisotopic (exact) mass is 342 g/mol. The summed E-state index contributed by atoms with van der Waals surface area (Å²) in [4.78, 5) is 26.4. The molecule has 0 bridgehead atoms. The highest BCUT2D eigenvalue weighted by molar-refractivity contribution is 6.30. The van der Waals surface area contributed by atoms with Gasteiger partial charge in [0.05, 0.1) is 28.8 Å². The van der Waals surface area contributed by atoms with Gasteiger partial charge in [0.25, 0.3) is 11.5 Å². The first-order valence-corrected chi connectivity index (χ1v) is 7.65. The van der Waals surface area contributed by atoms with Crippen molar-refractivity contribution in [2.75, 3.05) is 5.32 Å². The lowest BCUT2D eigenvalue weighted by Crippen LogP contribution is -2.16. The number of H-pyrrole nitrogens is 1. The Bertz CT molecular complexity index is 975. The Morgan fingerprint density at radius 1 is 1.29 bits per heavy atom. The number of aromatic nitrogens is 3. The van der Waals surface area contributed by atoms with Crippen LogP contribution in [0.5, 0.6) is 0 Å². The molecule has 3 rings (SSSR count). The molecule has 2 heterocycles. The number of pyridine rings is 1. The van der Waals surface area contributed by atoms with Gasteiger partial charge in [0, 0.05) is 16.8 Å². The zero-order chi connectivity index (χ0) is 17.3. The lowest BCUT2D eigenvalue weighted by molar-refractivity contribution is 0.102. The van der Waals surface area contributed by atoms with Crippen molar-refractivity contribution in [3.63, 3.8) is 0 Å². The van der Waals surface area contributed by atoms with Gasteiger partial charge in [-0.3, -0.25) is 9.59 Å². The molecular weight excluding hydrogens is 328 g/mol. The number of benzene rings is 1. The van der Waals surface area contributed by atoms with E-state index in [1.807, 2.05) is 12.1 Å². The molecule has 7 heteroatoms. The summed E-state index contributed by atoms with van der Waals surface area (Å²) in [5.74, 6) is -0.299. The number of hydrogen-bond acceptors (Lipinski definition) is 3. The molecule has 122 valence electrons. The number of nitrogens with zero attached hydrogens (tertiary/aromatic N) is 2. The number of carbonyl (C=O) groups excluding carboxylic acids is 1. The average Bonchev–Trinajstić information content (AvgIpc) is 2.93. The standard InChI is InChI=1S/C17H15ClN4O2/c1-10-6-13(8-19-16(10)23)21-17(24)15-9-20-22(11(15)2)14-5-3-4-12(18)7-14/h3-9H,1-2H3,(H,19,23)(H,21,24). The molecule has 2 N–H and O–H groups in total. The minimum atomic E-state index is -0.299. The van der Waals surface area contributed by atoms with Crippen LogP contribution in [-0.4, -0.2) is 20.7 Å². The summed E-state index contributed by atoms with van der Waals surface area (Å²) in [7, 11) is 0. The summed E-state index contributed by atoms with van der Waals surface area (Å²) in [5, 5.41) is 7.61. The summed E-state index contributed by atoms with van der Waals surface area (Å²) in [6.45, 7) is 3.48. The van der Waals surface area contributed by atoms with E-state index in [1.54, 1.807) is 36.7 Å². The minimum absolute atomic E-state index is 0.182. The maximum absolute atomic E-state index is 12.5. The number of amides is 1. The number of aromatic amines is 1. The van der Waals surface area contributed by atoms with Crippen LogP contribution in [0.4, 0.5) is 5.69 Å². The number of nitrogens with one attached hydrogen (secondary N) is 2. The molecule has 0 unspecified atom stereocenters. The molecule has 0 saturated carbocycles. The van der Waals surface area contributed by atoms with Crippen LogP contribution in [-0.2, 0) is 0 Å². The van der Waals surface area contributed by atoms with E-state index in [4.69, 9.17) is 11.6 Å². The van der Waals surface area contributed by atoms with Gasteiger partial charge in [0.15, 0.2) is 0 Å². The molecule has 0 atom stereocenters. The molecule has 1 amide bonds. The second-order valence-electron chi connectivity index (χ2n) is 5.39. The van der Waals surface area contributed by atoms with Crippen molar-refractivity contribution in [1.29, 1.82) is 0 Å².